The average Bonchev–Trinajstić information content (AvgIpc) is 3.08. The van der Waals surface area contributed by atoms with E-state index in [4.69, 9.17) is 0 Å². The average molecular weight is 384 g/mol. The minimum absolute atomic E-state index is 0.0681. The van der Waals surface area contributed by atoms with Crippen LogP contribution in [0.25, 0.3) is 0 Å². The first-order valence-corrected chi connectivity index (χ1v) is 9.17. The lowest BCUT2D eigenvalue weighted by molar-refractivity contribution is 0.0647. The van der Waals surface area contributed by atoms with Gasteiger partial charge in [0.1, 0.15) is 0 Å². The number of fused-ring (bicyclic) bond motifs is 2. The molecule has 0 aromatic carbocycles. The number of imide groups is 2. The van der Waals surface area contributed by atoms with Crippen molar-refractivity contribution in [1.29, 1.82) is 0 Å². The summed E-state index contributed by atoms with van der Waals surface area (Å²) < 4.78 is 0. The van der Waals surface area contributed by atoms with Crippen molar-refractivity contribution in [3.63, 3.8) is 0 Å². The van der Waals surface area contributed by atoms with Crippen LogP contribution in [0.2, 0.25) is 0 Å². The van der Waals surface area contributed by atoms with Crippen molar-refractivity contribution < 1.29 is 19.2 Å². The first-order valence-electron chi connectivity index (χ1n) is 8.01. The van der Waals surface area contributed by atoms with E-state index in [0.29, 0.717) is 11.5 Å². The minimum Gasteiger partial charge on any atom is -0.271 e. The van der Waals surface area contributed by atoms with Crippen LogP contribution >= 0.6 is 11.8 Å². The highest BCUT2D eigenvalue weighted by molar-refractivity contribution is 7.99. The molecule has 0 spiro atoms. The van der Waals surface area contributed by atoms with Gasteiger partial charge in [0.15, 0.2) is 22.8 Å². The van der Waals surface area contributed by atoms with E-state index in [0.717, 1.165) is 9.80 Å². The zero-order valence-electron chi connectivity index (χ0n) is 13.9. The Morgan fingerprint density at radius 1 is 0.593 bits per heavy atom. The summed E-state index contributed by atoms with van der Waals surface area (Å²) in [6.07, 6.45) is 5.48. The maximum absolute atomic E-state index is 12.2. The van der Waals surface area contributed by atoms with E-state index in [1.165, 1.54) is 36.5 Å². The third kappa shape index (κ3) is 2.85. The predicted molar refractivity (Wildman–Crippen MR) is 92.1 cm³/mol. The molecular weight excluding hydrogens is 372 g/mol. The Morgan fingerprint density at radius 3 is 1.19 bits per heavy atom. The number of nitrogens with zero attached hydrogens (tertiary/aromatic N) is 6. The minimum atomic E-state index is -0.457. The van der Waals surface area contributed by atoms with Gasteiger partial charge in [-0.25, -0.2) is 19.9 Å². The van der Waals surface area contributed by atoms with Gasteiger partial charge in [0, 0.05) is 49.4 Å². The van der Waals surface area contributed by atoms with E-state index in [9.17, 15) is 19.2 Å². The molecule has 0 fully saturated rings. The van der Waals surface area contributed by atoms with Gasteiger partial charge in [-0.05, 0) is 0 Å². The van der Waals surface area contributed by atoms with Gasteiger partial charge in [-0.1, -0.05) is 0 Å². The monoisotopic (exact) mass is 384 g/mol. The van der Waals surface area contributed by atoms with E-state index in [1.807, 2.05) is 0 Å². The molecule has 10 nitrogen and oxygen atoms in total. The molecule has 27 heavy (non-hydrogen) atoms. The Balaban J connectivity index is 1.28. The van der Waals surface area contributed by atoms with Crippen molar-refractivity contribution in [2.24, 2.45) is 0 Å². The topological polar surface area (TPSA) is 126 Å². The second-order valence-electron chi connectivity index (χ2n) is 5.64. The van der Waals surface area contributed by atoms with Crippen LogP contribution in [0.1, 0.15) is 42.0 Å². The van der Waals surface area contributed by atoms with Gasteiger partial charge in [-0.3, -0.25) is 29.0 Å². The van der Waals surface area contributed by atoms with Crippen LogP contribution in [-0.4, -0.2) is 78.0 Å². The molecule has 0 N–H and O–H groups in total. The lowest BCUT2D eigenvalue weighted by Gasteiger charge is -2.14. The van der Waals surface area contributed by atoms with Crippen molar-refractivity contribution in [3.05, 3.63) is 47.6 Å². The third-order valence-corrected chi connectivity index (χ3v) is 5.05. The fourth-order valence-electron chi connectivity index (χ4n) is 2.82. The molecule has 0 saturated heterocycles. The van der Waals surface area contributed by atoms with Gasteiger partial charge >= 0.3 is 0 Å². The van der Waals surface area contributed by atoms with Gasteiger partial charge in [0.2, 0.25) is 0 Å². The molecule has 4 amide bonds. The van der Waals surface area contributed by atoms with E-state index in [2.05, 4.69) is 19.9 Å². The standard InChI is InChI=1S/C16H12N6O4S/c23-13-9-10(18-2-1-17-9)14(24)21(13)5-7-27-8-6-22-15(25)11-12(16(22)26)20-4-3-19-11/h1-4H,5-8H2. The molecule has 0 bridgehead atoms. The largest absolute Gasteiger partial charge is 0.281 e. The zero-order valence-corrected chi connectivity index (χ0v) is 14.7. The number of aromatic nitrogens is 4. The summed E-state index contributed by atoms with van der Waals surface area (Å²) in [5, 5.41) is 0. The maximum atomic E-state index is 12.2. The summed E-state index contributed by atoms with van der Waals surface area (Å²) >= 11 is 1.42. The van der Waals surface area contributed by atoms with E-state index in [1.54, 1.807) is 0 Å². The van der Waals surface area contributed by atoms with Crippen molar-refractivity contribution in [2.45, 2.75) is 0 Å². The Labute approximate surface area is 157 Å². The highest BCUT2D eigenvalue weighted by atomic mass is 32.2. The third-order valence-electron chi connectivity index (χ3n) is 4.11. The van der Waals surface area contributed by atoms with Gasteiger partial charge in [-0.15, -0.1) is 0 Å². The Hall–Kier alpha value is -3.21. The van der Waals surface area contributed by atoms with E-state index < -0.39 is 23.6 Å². The molecule has 2 aliphatic rings. The molecule has 0 radical (unpaired) electrons. The number of rotatable bonds is 6. The second kappa shape index (κ2) is 6.83. The molecule has 136 valence electrons. The van der Waals surface area contributed by atoms with Gasteiger partial charge < -0.3 is 0 Å². The summed E-state index contributed by atoms with van der Waals surface area (Å²) in [7, 11) is 0. The summed E-state index contributed by atoms with van der Waals surface area (Å²) in [5.41, 5.74) is 0.272. The van der Waals surface area contributed by atoms with Crippen LogP contribution in [0.3, 0.4) is 0 Å². The lowest BCUT2D eigenvalue weighted by Crippen LogP contribution is -2.33. The van der Waals surface area contributed by atoms with E-state index in [-0.39, 0.29) is 35.9 Å². The van der Waals surface area contributed by atoms with Crippen LogP contribution in [0.15, 0.2) is 24.8 Å². The number of carbonyl (C=O) groups is 4. The maximum Gasteiger partial charge on any atom is 0.281 e. The number of hydrogen-bond donors (Lipinski definition) is 0. The quantitative estimate of drug-likeness (QED) is 0.495. The molecule has 4 heterocycles. The van der Waals surface area contributed by atoms with Crippen LogP contribution in [0.5, 0.6) is 0 Å². The molecule has 0 atom stereocenters. The number of hydrogen-bond acceptors (Lipinski definition) is 9. The molecule has 11 heteroatoms. The van der Waals surface area contributed by atoms with Crippen LogP contribution < -0.4 is 0 Å². The lowest BCUT2D eigenvalue weighted by atomic mass is 10.3. The predicted octanol–water partition coefficient (Wildman–Crippen LogP) is -0.108. The van der Waals surface area contributed by atoms with Crippen LogP contribution in [0, 0.1) is 0 Å². The number of carbonyl (C=O) groups excluding carboxylic acids is 4. The summed E-state index contributed by atoms with van der Waals surface area (Å²) in [6, 6.07) is 0. The molecule has 2 aromatic rings. The highest BCUT2D eigenvalue weighted by Gasteiger charge is 2.39. The zero-order chi connectivity index (χ0) is 19.0. The molecule has 2 aliphatic heterocycles. The molecule has 0 aliphatic carbocycles. The SMILES string of the molecule is O=C1c2nccnc2C(=O)N1CCSCCN1C(=O)c2nccnc2C1=O. The smallest absolute Gasteiger partial charge is 0.271 e. The number of thioether (sulfide) groups is 1. The van der Waals surface area contributed by atoms with Crippen molar-refractivity contribution >= 4 is 35.4 Å². The number of amides is 4. The second-order valence-corrected chi connectivity index (χ2v) is 6.87. The molecular formula is C16H12N6O4S. The Bertz CT molecular complexity index is 833. The van der Waals surface area contributed by atoms with Crippen LogP contribution in [-0.2, 0) is 0 Å². The Morgan fingerprint density at radius 2 is 0.889 bits per heavy atom. The van der Waals surface area contributed by atoms with Crippen molar-refractivity contribution in [3.8, 4) is 0 Å². The highest BCUT2D eigenvalue weighted by Crippen LogP contribution is 2.20. The summed E-state index contributed by atoms with van der Waals surface area (Å²) in [5.74, 6) is -0.902. The normalized spacial score (nSPS) is 15.6. The fourth-order valence-corrected chi connectivity index (χ4v) is 3.65. The van der Waals surface area contributed by atoms with Gasteiger partial charge in [0.05, 0.1) is 0 Å². The van der Waals surface area contributed by atoms with Gasteiger partial charge in [0.25, 0.3) is 23.6 Å². The van der Waals surface area contributed by atoms with Crippen molar-refractivity contribution in [1.82, 2.24) is 29.7 Å². The molecule has 0 saturated carbocycles. The first kappa shape index (κ1) is 17.2. The Kier molecular flexibility index (Phi) is 4.36. The fraction of sp³-hybridized carbons (Fsp3) is 0.250. The van der Waals surface area contributed by atoms with E-state index >= 15 is 0 Å². The summed E-state index contributed by atoms with van der Waals surface area (Å²) in [6.45, 7) is 0.400. The summed E-state index contributed by atoms with van der Waals surface area (Å²) in [4.78, 5) is 66.5. The van der Waals surface area contributed by atoms with Gasteiger partial charge in [-0.2, -0.15) is 11.8 Å². The van der Waals surface area contributed by atoms with Crippen LogP contribution in [0.4, 0.5) is 0 Å². The van der Waals surface area contributed by atoms with Crippen molar-refractivity contribution in [2.75, 3.05) is 24.6 Å². The molecule has 0 unspecified atom stereocenters. The molecule has 2 aromatic heterocycles. The molecule has 4 rings (SSSR count). The first-order chi connectivity index (χ1) is 13.1.